The summed E-state index contributed by atoms with van der Waals surface area (Å²) >= 11 is 0. The molecule has 158 valence electrons. The maximum absolute atomic E-state index is 12.8. The Morgan fingerprint density at radius 2 is 1.86 bits per heavy atom. The molecule has 0 radical (unpaired) electrons. The molecule has 29 heavy (non-hydrogen) atoms. The SMILES string of the molecule is COc1ccc(CC(NC(=O)[C@@H]2CC[C@H](CN)O2)c2ccccc2)cc1OC.Cl. The van der Waals surface area contributed by atoms with Crippen LogP contribution in [0.3, 0.4) is 0 Å². The second kappa shape index (κ2) is 11.0. The number of methoxy groups -OCH3 is 2. The number of amides is 1. The molecule has 1 aliphatic rings. The van der Waals surface area contributed by atoms with Crippen molar-refractivity contribution in [1.29, 1.82) is 0 Å². The zero-order chi connectivity index (χ0) is 19.9. The van der Waals surface area contributed by atoms with Gasteiger partial charge in [-0.15, -0.1) is 12.4 Å². The molecule has 1 heterocycles. The van der Waals surface area contributed by atoms with Crippen LogP contribution in [0.1, 0.15) is 30.0 Å². The van der Waals surface area contributed by atoms with Crippen molar-refractivity contribution in [1.82, 2.24) is 5.32 Å². The molecule has 0 bridgehead atoms. The molecular formula is C22H29ClN2O4. The number of rotatable bonds is 8. The van der Waals surface area contributed by atoms with Gasteiger partial charge in [0.15, 0.2) is 11.5 Å². The van der Waals surface area contributed by atoms with E-state index >= 15 is 0 Å². The van der Waals surface area contributed by atoms with Crippen molar-refractivity contribution in [3.05, 3.63) is 59.7 Å². The molecule has 1 fully saturated rings. The van der Waals surface area contributed by atoms with Crippen LogP contribution in [-0.4, -0.2) is 38.9 Å². The fourth-order valence-electron chi connectivity index (χ4n) is 3.52. The van der Waals surface area contributed by atoms with Crippen molar-refractivity contribution in [2.75, 3.05) is 20.8 Å². The first-order valence-electron chi connectivity index (χ1n) is 9.56. The van der Waals surface area contributed by atoms with Gasteiger partial charge in [-0.1, -0.05) is 36.4 Å². The molecule has 0 saturated carbocycles. The lowest BCUT2D eigenvalue weighted by Gasteiger charge is -2.22. The molecule has 0 aromatic heterocycles. The summed E-state index contributed by atoms with van der Waals surface area (Å²) in [4.78, 5) is 12.8. The van der Waals surface area contributed by atoms with Gasteiger partial charge in [0.05, 0.1) is 26.4 Å². The monoisotopic (exact) mass is 420 g/mol. The van der Waals surface area contributed by atoms with Crippen molar-refractivity contribution in [3.8, 4) is 11.5 Å². The second-order valence-electron chi connectivity index (χ2n) is 6.93. The van der Waals surface area contributed by atoms with Crippen LogP contribution in [0.5, 0.6) is 11.5 Å². The number of ether oxygens (including phenoxy) is 3. The highest BCUT2D eigenvalue weighted by molar-refractivity contribution is 5.85. The quantitative estimate of drug-likeness (QED) is 0.685. The van der Waals surface area contributed by atoms with Crippen LogP contribution in [0.25, 0.3) is 0 Å². The number of nitrogens with two attached hydrogens (primary N) is 1. The van der Waals surface area contributed by atoms with E-state index in [1.54, 1.807) is 14.2 Å². The largest absolute Gasteiger partial charge is 0.493 e. The van der Waals surface area contributed by atoms with E-state index < -0.39 is 6.10 Å². The van der Waals surface area contributed by atoms with Crippen LogP contribution in [0, 0.1) is 0 Å². The first kappa shape index (κ1) is 23.0. The van der Waals surface area contributed by atoms with E-state index in [0.29, 0.717) is 30.9 Å². The normalized spacial score (nSPS) is 19.1. The van der Waals surface area contributed by atoms with Gasteiger partial charge in [0.25, 0.3) is 0 Å². The summed E-state index contributed by atoms with van der Waals surface area (Å²) in [5.74, 6) is 1.26. The highest BCUT2D eigenvalue weighted by Gasteiger charge is 2.31. The van der Waals surface area contributed by atoms with Crippen molar-refractivity contribution in [2.24, 2.45) is 5.73 Å². The lowest BCUT2D eigenvalue weighted by molar-refractivity contribution is -0.132. The molecule has 3 atom stereocenters. The van der Waals surface area contributed by atoms with E-state index in [9.17, 15) is 4.79 Å². The fourth-order valence-corrected chi connectivity index (χ4v) is 3.52. The number of halogens is 1. The zero-order valence-electron chi connectivity index (χ0n) is 16.8. The van der Waals surface area contributed by atoms with Crippen LogP contribution < -0.4 is 20.5 Å². The third-order valence-electron chi connectivity index (χ3n) is 5.07. The third kappa shape index (κ3) is 5.85. The molecule has 6 nitrogen and oxygen atoms in total. The average Bonchev–Trinajstić information content (AvgIpc) is 3.23. The molecule has 2 aromatic carbocycles. The number of benzene rings is 2. The molecule has 0 aliphatic carbocycles. The molecule has 0 spiro atoms. The van der Waals surface area contributed by atoms with Crippen LogP contribution in [0.15, 0.2) is 48.5 Å². The second-order valence-corrected chi connectivity index (χ2v) is 6.93. The number of carbonyl (C=O) groups excluding carboxylic acids is 1. The minimum atomic E-state index is -0.440. The van der Waals surface area contributed by atoms with Crippen molar-refractivity contribution >= 4 is 18.3 Å². The van der Waals surface area contributed by atoms with Gasteiger partial charge in [0.2, 0.25) is 5.91 Å². The maximum Gasteiger partial charge on any atom is 0.249 e. The number of hydrogen-bond acceptors (Lipinski definition) is 5. The van der Waals surface area contributed by atoms with Gasteiger partial charge in [-0.3, -0.25) is 4.79 Å². The lowest BCUT2D eigenvalue weighted by atomic mass is 9.98. The summed E-state index contributed by atoms with van der Waals surface area (Å²) < 4.78 is 16.5. The van der Waals surface area contributed by atoms with Crippen molar-refractivity contribution in [2.45, 2.75) is 37.5 Å². The highest BCUT2D eigenvalue weighted by Crippen LogP contribution is 2.30. The molecule has 1 saturated heterocycles. The predicted molar refractivity (Wildman–Crippen MR) is 115 cm³/mol. The number of nitrogens with one attached hydrogen (secondary N) is 1. The Kier molecular flexibility index (Phi) is 8.76. The van der Waals surface area contributed by atoms with E-state index in [0.717, 1.165) is 17.5 Å². The summed E-state index contributed by atoms with van der Waals surface area (Å²) in [6.07, 6.45) is 1.68. The molecule has 3 N–H and O–H groups in total. The van der Waals surface area contributed by atoms with E-state index in [2.05, 4.69) is 5.32 Å². The summed E-state index contributed by atoms with van der Waals surface area (Å²) in [6.45, 7) is 0.442. The molecule has 1 aliphatic heterocycles. The van der Waals surface area contributed by atoms with Gasteiger partial charge in [-0.25, -0.2) is 0 Å². The van der Waals surface area contributed by atoms with Crippen LogP contribution >= 0.6 is 12.4 Å². The molecular weight excluding hydrogens is 392 g/mol. The van der Waals surface area contributed by atoms with Gasteiger partial charge in [0.1, 0.15) is 6.10 Å². The Balaban J connectivity index is 0.00000300. The van der Waals surface area contributed by atoms with Crippen LogP contribution in [0.2, 0.25) is 0 Å². The zero-order valence-corrected chi connectivity index (χ0v) is 17.6. The third-order valence-corrected chi connectivity index (χ3v) is 5.07. The highest BCUT2D eigenvalue weighted by atomic mass is 35.5. The summed E-state index contributed by atoms with van der Waals surface area (Å²) in [7, 11) is 3.23. The van der Waals surface area contributed by atoms with E-state index in [1.807, 2.05) is 48.5 Å². The van der Waals surface area contributed by atoms with Gasteiger partial charge >= 0.3 is 0 Å². The van der Waals surface area contributed by atoms with E-state index in [1.165, 1.54) is 0 Å². The topological polar surface area (TPSA) is 82.8 Å². The Hall–Kier alpha value is -2.28. The maximum atomic E-state index is 12.8. The Morgan fingerprint density at radius 3 is 2.48 bits per heavy atom. The van der Waals surface area contributed by atoms with Crippen molar-refractivity contribution in [3.63, 3.8) is 0 Å². The Labute approximate surface area is 178 Å². The lowest BCUT2D eigenvalue weighted by Crippen LogP contribution is -2.38. The van der Waals surface area contributed by atoms with Gasteiger partial charge in [-0.2, -0.15) is 0 Å². The molecule has 1 unspecified atom stereocenters. The van der Waals surface area contributed by atoms with Gasteiger partial charge in [-0.05, 0) is 42.5 Å². The van der Waals surface area contributed by atoms with Crippen molar-refractivity contribution < 1.29 is 19.0 Å². The first-order valence-corrected chi connectivity index (χ1v) is 9.56. The molecule has 7 heteroatoms. The van der Waals surface area contributed by atoms with E-state index in [-0.39, 0.29) is 30.5 Å². The van der Waals surface area contributed by atoms with Gasteiger partial charge < -0.3 is 25.3 Å². The summed E-state index contributed by atoms with van der Waals surface area (Å²) in [5.41, 5.74) is 7.74. The number of carbonyl (C=O) groups is 1. The minimum absolute atomic E-state index is 0. The van der Waals surface area contributed by atoms with Crippen LogP contribution in [-0.2, 0) is 16.0 Å². The van der Waals surface area contributed by atoms with E-state index in [4.69, 9.17) is 19.9 Å². The van der Waals surface area contributed by atoms with Crippen LogP contribution in [0.4, 0.5) is 0 Å². The molecule has 2 aromatic rings. The predicted octanol–water partition coefficient (Wildman–Crippen LogP) is 3.03. The number of hydrogen-bond donors (Lipinski definition) is 2. The first-order chi connectivity index (χ1) is 13.6. The summed E-state index contributed by atoms with van der Waals surface area (Å²) in [6, 6.07) is 15.6. The molecule has 1 amide bonds. The van der Waals surface area contributed by atoms with Gasteiger partial charge in [0, 0.05) is 6.54 Å². The molecule has 3 rings (SSSR count). The standard InChI is InChI=1S/C22H28N2O4.ClH/c1-26-19-10-8-15(13-21(19)27-2)12-18(16-6-4-3-5-7-16)24-22(25)20-11-9-17(14-23)28-20;/h3-8,10,13,17-18,20H,9,11-12,14,23H2,1-2H3,(H,24,25);1H/t17-,18?,20+;/m1./s1. The average molecular weight is 421 g/mol. The summed E-state index contributed by atoms with van der Waals surface area (Å²) in [5, 5.41) is 3.16. The Bertz CT molecular complexity index is 788. The Morgan fingerprint density at radius 1 is 1.14 bits per heavy atom. The fraction of sp³-hybridized carbons (Fsp3) is 0.409. The minimum Gasteiger partial charge on any atom is -0.493 e. The smallest absolute Gasteiger partial charge is 0.249 e.